The van der Waals surface area contributed by atoms with Crippen LogP contribution in [-0.2, 0) is 5.41 Å². The summed E-state index contributed by atoms with van der Waals surface area (Å²) in [4.78, 5) is 4.27. The quantitative estimate of drug-likeness (QED) is 0.924. The van der Waals surface area contributed by atoms with Crippen molar-refractivity contribution in [3.8, 4) is 17.4 Å². The summed E-state index contributed by atoms with van der Waals surface area (Å²) in [6.07, 6.45) is 1.71. The highest BCUT2D eigenvalue weighted by atomic mass is 16.5. The van der Waals surface area contributed by atoms with Gasteiger partial charge >= 0.3 is 0 Å². The fourth-order valence-electron chi connectivity index (χ4n) is 2.00. The molecule has 0 saturated carbocycles. The van der Waals surface area contributed by atoms with Gasteiger partial charge in [0.1, 0.15) is 11.5 Å². The molecule has 0 spiro atoms. The van der Waals surface area contributed by atoms with Crippen molar-refractivity contribution < 1.29 is 9.47 Å². The molecule has 0 amide bonds. The molecule has 4 heteroatoms. The molecule has 2 N–H and O–H groups in total. The maximum Gasteiger partial charge on any atom is 0.221 e. The number of nitrogens with two attached hydrogens (primary N) is 1. The van der Waals surface area contributed by atoms with E-state index >= 15 is 0 Å². The van der Waals surface area contributed by atoms with Crippen molar-refractivity contribution in [2.24, 2.45) is 0 Å². The monoisotopic (exact) mass is 286 g/mol. The van der Waals surface area contributed by atoms with Crippen LogP contribution in [0.5, 0.6) is 17.4 Å². The number of hydrogen-bond acceptors (Lipinski definition) is 4. The van der Waals surface area contributed by atoms with E-state index in [2.05, 4.69) is 25.8 Å². The molecule has 0 unspecified atom stereocenters. The molecule has 2 rings (SSSR count). The molecule has 0 atom stereocenters. The Morgan fingerprint density at radius 2 is 1.86 bits per heavy atom. The van der Waals surface area contributed by atoms with E-state index in [0.717, 1.165) is 22.6 Å². The van der Waals surface area contributed by atoms with Gasteiger partial charge in [0.15, 0.2) is 0 Å². The topological polar surface area (TPSA) is 57.4 Å². The van der Waals surface area contributed by atoms with E-state index in [1.807, 2.05) is 25.1 Å². The van der Waals surface area contributed by atoms with Gasteiger partial charge in [0.2, 0.25) is 5.88 Å². The van der Waals surface area contributed by atoms with Crippen LogP contribution in [0.3, 0.4) is 0 Å². The summed E-state index contributed by atoms with van der Waals surface area (Å²) in [6.45, 7) is 8.31. The third kappa shape index (κ3) is 3.45. The molecule has 112 valence electrons. The van der Waals surface area contributed by atoms with Gasteiger partial charge in [-0.15, -0.1) is 0 Å². The number of ether oxygens (including phenoxy) is 2. The molecule has 0 fully saturated rings. The van der Waals surface area contributed by atoms with Crippen molar-refractivity contribution in [2.45, 2.75) is 33.1 Å². The van der Waals surface area contributed by atoms with Gasteiger partial charge in [0, 0.05) is 23.5 Å². The zero-order valence-electron chi connectivity index (χ0n) is 13.2. The average Bonchev–Trinajstić information content (AvgIpc) is 2.42. The van der Waals surface area contributed by atoms with Gasteiger partial charge in [0.25, 0.3) is 0 Å². The minimum Gasteiger partial charge on any atom is -0.497 e. The Bertz CT molecular complexity index is 646. The molecular formula is C17H22N2O2. The second-order valence-electron chi connectivity index (χ2n) is 6.09. The van der Waals surface area contributed by atoms with Crippen LogP contribution < -0.4 is 15.2 Å². The van der Waals surface area contributed by atoms with Gasteiger partial charge in [-0.2, -0.15) is 0 Å². The molecule has 2 aromatic rings. The first-order valence-corrected chi connectivity index (χ1v) is 6.90. The molecule has 1 aromatic carbocycles. The van der Waals surface area contributed by atoms with Gasteiger partial charge in [-0.3, -0.25) is 0 Å². The van der Waals surface area contributed by atoms with Gasteiger partial charge in [-0.1, -0.05) is 20.8 Å². The highest BCUT2D eigenvalue weighted by Gasteiger charge is 2.20. The van der Waals surface area contributed by atoms with Crippen molar-refractivity contribution in [2.75, 3.05) is 12.8 Å². The summed E-state index contributed by atoms with van der Waals surface area (Å²) in [5, 5.41) is 0. The Morgan fingerprint density at radius 1 is 1.14 bits per heavy atom. The van der Waals surface area contributed by atoms with Gasteiger partial charge in [-0.25, -0.2) is 4.98 Å². The van der Waals surface area contributed by atoms with Crippen LogP contribution in [-0.4, -0.2) is 12.1 Å². The number of hydrogen-bond donors (Lipinski definition) is 1. The Kier molecular flexibility index (Phi) is 4.07. The highest BCUT2D eigenvalue weighted by Crippen LogP contribution is 2.36. The molecule has 0 aliphatic heterocycles. The summed E-state index contributed by atoms with van der Waals surface area (Å²) in [6, 6.07) is 7.51. The maximum atomic E-state index is 5.92. The second-order valence-corrected chi connectivity index (χ2v) is 6.09. The standard InChI is InChI=1S/C17H22N2O2/c1-11-10-19-16(9-14(11)18)21-15-7-6-12(20-5)8-13(15)17(2,3)4/h6-10H,1-5H3,(H2,18,19). The largest absolute Gasteiger partial charge is 0.497 e. The van der Waals surface area contributed by atoms with Crippen LogP contribution in [0.4, 0.5) is 5.69 Å². The zero-order chi connectivity index (χ0) is 15.6. The van der Waals surface area contributed by atoms with Gasteiger partial charge in [0.05, 0.1) is 7.11 Å². The number of pyridine rings is 1. The third-order valence-electron chi connectivity index (χ3n) is 3.33. The minimum absolute atomic E-state index is 0.0693. The zero-order valence-corrected chi connectivity index (χ0v) is 13.2. The number of aryl methyl sites for hydroxylation is 1. The number of aromatic nitrogens is 1. The molecule has 0 radical (unpaired) electrons. The first-order chi connectivity index (χ1) is 9.81. The highest BCUT2D eigenvalue weighted by molar-refractivity contribution is 5.50. The fourth-order valence-corrected chi connectivity index (χ4v) is 2.00. The molecule has 0 aliphatic carbocycles. The van der Waals surface area contributed by atoms with Crippen LogP contribution in [0.25, 0.3) is 0 Å². The van der Waals surface area contributed by atoms with Gasteiger partial charge < -0.3 is 15.2 Å². The summed E-state index contributed by atoms with van der Waals surface area (Å²) in [5.74, 6) is 2.07. The van der Waals surface area contributed by atoms with E-state index in [-0.39, 0.29) is 5.41 Å². The molecule has 21 heavy (non-hydrogen) atoms. The number of rotatable bonds is 3. The van der Waals surface area contributed by atoms with Crippen LogP contribution >= 0.6 is 0 Å². The second kappa shape index (κ2) is 5.64. The minimum atomic E-state index is -0.0693. The lowest BCUT2D eigenvalue weighted by atomic mass is 9.86. The van der Waals surface area contributed by atoms with E-state index in [1.54, 1.807) is 19.4 Å². The van der Waals surface area contributed by atoms with E-state index in [1.165, 1.54) is 0 Å². The van der Waals surface area contributed by atoms with Crippen LogP contribution in [0.1, 0.15) is 31.9 Å². The fraction of sp³-hybridized carbons (Fsp3) is 0.353. The van der Waals surface area contributed by atoms with Crippen molar-refractivity contribution in [3.63, 3.8) is 0 Å². The number of anilines is 1. The first-order valence-electron chi connectivity index (χ1n) is 6.90. The average molecular weight is 286 g/mol. The molecule has 4 nitrogen and oxygen atoms in total. The van der Waals surface area contributed by atoms with Crippen molar-refractivity contribution in [3.05, 3.63) is 41.6 Å². The van der Waals surface area contributed by atoms with Crippen LogP contribution in [0.2, 0.25) is 0 Å². The van der Waals surface area contributed by atoms with Crippen molar-refractivity contribution in [1.82, 2.24) is 4.98 Å². The number of nitrogen functional groups attached to an aromatic ring is 1. The third-order valence-corrected chi connectivity index (χ3v) is 3.33. The van der Waals surface area contributed by atoms with Crippen LogP contribution in [0.15, 0.2) is 30.5 Å². The number of methoxy groups -OCH3 is 1. The number of benzene rings is 1. The Hall–Kier alpha value is -2.23. The molecular weight excluding hydrogens is 264 g/mol. The predicted molar refractivity (Wildman–Crippen MR) is 85.2 cm³/mol. The van der Waals surface area contributed by atoms with Crippen molar-refractivity contribution in [1.29, 1.82) is 0 Å². The van der Waals surface area contributed by atoms with Crippen LogP contribution in [0, 0.1) is 6.92 Å². The van der Waals surface area contributed by atoms with E-state index < -0.39 is 0 Å². The lowest BCUT2D eigenvalue weighted by Gasteiger charge is -2.23. The summed E-state index contributed by atoms with van der Waals surface area (Å²) in [7, 11) is 1.66. The van der Waals surface area contributed by atoms with E-state index in [0.29, 0.717) is 11.6 Å². The molecule has 0 aliphatic rings. The predicted octanol–water partition coefficient (Wildman–Crippen LogP) is 4.07. The molecule has 1 heterocycles. The molecule has 1 aromatic heterocycles. The summed E-state index contributed by atoms with van der Waals surface area (Å²) in [5.41, 5.74) is 8.50. The summed E-state index contributed by atoms with van der Waals surface area (Å²) >= 11 is 0. The first kappa shape index (κ1) is 15.2. The Balaban J connectivity index is 2.41. The lowest BCUT2D eigenvalue weighted by Crippen LogP contribution is -2.13. The maximum absolute atomic E-state index is 5.92. The number of nitrogens with zero attached hydrogens (tertiary/aromatic N) is 1. The van der Waals surface area contributed by atoms with E-state index in [9.17, 15) is 0 Å². The summed E-state index contributed by atoms with van der Waals surface area (Å²) < 4.78 is 11.2. The molecule has 0 bridgehead atoms. The Morgan fingerprint density at radius 3 is 2.43 bits per heavy atom. The smallest absolute Gasteiger partial charge is 0.221 e. The lowest BCUT2D eigenvalue weighted by molar-refractivity contribution is 0.405. The SMILES string of the molecule is COc1ccc(Oc2cc(N)c(C)cn2)c(C(C)(C)C)c1. The van der Waals surface area contributed by atoms with Gasteiger partial charge in [-0.05, 0) is 36.1 Å². The van der Waals surface area contributed by atoms with Crippen molar-refractivity contribution >= 4 is 5.69 Å². The molecule has 0 saturated heterocycles. The Labute approximate surface area is 125 Å². The van der Waals surface area contributed by atoms with E-state index in [4.69, 9.17) is 15.2 Å². The normalized spacial score (nSPS) is 11.3.